The molecule has 0 aromatic heterocycles. The Balaban J connectivity index is 2.56. The first-order valence-electron chi connectivity index (χ1n) is 4.25. The van der Waals surface area contributed by atoms with Crippen molar-refractivity contribution in [3.63, 3.8) is 0 Å². The van der Waals surface area contributed by atoms with Crippen molar-refractivity contribution in [2.24, 2.45) is 0 Å². The van der Waals surface area contributed by atoms with Crippen LogP contribution in [0.2, 0.25) is 0 Å². The molecule has 0 saturated carbocycles. The van der Waals surface area contributed by atoms with E-state index in [4.69, 9.17) is 4.74 Å². The van der Waals surface area contributed by atoms with E-state index in [1.165, 1.54) is 0 Å². The van der Waals surface area contributed by atoms with Gasteiger partial charge in [-0.2, -0.15) is 0 Å². The molecule has 1 rings (SSSR count). The minimum absolute atomic E-state index is 0.0510. The maximum absolute atomic E-state index is 11.2. The lowest BCUT2D eigenvalue weighted by molar-refractivity contribution is 0.141. The average Bonchev–Trinajstić information content (AvgIpc) is 2.32. The number of amides is 1. The van der Waals surface area contributed by atoms with Crippen molar-refractivity contribution in [1.29, 1.82) is 0 Å². The van der Waals surface area contributed by atoms with Crippen LogP contribution in [0.5, 0.6) is 0 Å². The Morgan fingerprint density at radius 3 is 2.75 bits per heavy atom. The third kappa shape index (κ3) is 1.78. The van der Waals surface area contributed by atoms with Gasteiger partial charge in [-0.3, -0.25) is 0 Å². The molecule has 3 nitrogen and oxygen atoms in total. The van der Waals surface area contributed by atoms with Crippen LogP contribution in [-0.2, 0) is 4.74 Å². The van der Waals surface area contributed by atoms with Crippen LogP contribution in [0.1, 0.15) is 20.8 Å². The number of allylic oxidation sites excluding steroid dienone is 1. The molecule has 1 aliphatic rings. The fraction of sp³-hybridized carbons (Fsp3) is 0.667. The molecule has 1 amide bonds. The Bertz CT molecular complexity index is 199. The second-order valence-corrected chi connectivity index (χ2v) is 3.19. The molecule has 1 aliphatic heterocycles. The van der Waals surface area contributed by atoms with E-state index in [1.54, 1.807) is 4.90 Å². The summed E-state index contributed by atoms with van der Waals surface area (Å²) < 4.78 is 5.08. The fourth-order valence-electron chi connectivity index (χ4n) is 1.24. The second kappa shape index (κ2) is 3.61. The molecule has 1 heterocycles. The van der Waals surface area contributed by atoms with Gasteiger partial charge < -0.3 is 9.64 Å². The standard InChI is InChI=1S/C9H15NO2/c1-4-5-8-6-10(7(2)3)9(11)12-8/h4-5,7-8H,6H2,1-3H3/b5-4-/t8-/m1/s1. The van der Waals surface area contributed by atoms with Crippen LogP contribution in [0.4, 0.5) is 4.79 Å². The monoisotopic (exact) mass is 169 g/mol. The lowest BCUT2D eigenvalue weighted by atomic mass is 10.3. The van der Waals surface area contributed by atoms with Crippen molar-refractivity contribution in [3.05, 3.63) is 12.2 Å². The SMILES string of the molecule is C/C=C\[C@@H]1CN(C(C)C)C(=O)O1. The molecule has 12 heavy (non-hydrogen) atoms. The highest BCUT2D eigenvalue weighted by molar-refractivity contribution is 5.70. The molecule has 68 valence electrons. The van der Waals surface area contributed by atoms with Crippen molar-refractivity contribution in [2.75, 3.05) is 6.54 Å². The highest BCUT2D eigenvalue weighted by Crippen LogP contribution is 2.14. The van der Waals surface area contributed by atoms with Crippen LogP contribution in [-0.4, -0.2) is 29.7 Å². The lowest BCUT2D eigenvalue weighted by Gasteiger charge is -2.16. The van der Waals surface area contributed by atoms with Crippen molar-refractivity contribution >= 4 is 6.09 Å². The van der Waals surface area contributed by atoms with Crippen LogP contribution in [0.25, 0.3) is 0 Å². The van der Waals surface area contributed by atoms with Gasteiger partial charge in [0.25, 0.3) is 0 Å². The van der Waals surface area contributed by atoms with Crippen LogP contribution >= 0.6 is 0 Å². The summed E-state index contributed by atoms with van der Waals surface area (Å²) in [6, 6.07) is 0.229. The van der Waals surface area contributed by atoms with E-state index >= 15 is 0 Å². The molecule has 0 aromatic rings. The molecule has 1 fully saturated rings. The van der Waals surface area contributed by atoms with E-state index in [9.17, 15) is 4.79 Å². The molecular formula is C9H15NO2. The molecule has 0 radical (unpaired) electrons. The second-order valence-electron chi connectivity index (χ2n) is 3.19. The molecule has 0 aliphatic carbocycles. The van der Waals surface area contributed by atoms with Gasteiger partial charge in [-0.05, 0) is 26.8 Å². The first kappa shape index (κ1) is 9.10. The zero-order valence-electron chi connectivity index (χ0n) is 7.78. The number of hydrogen-bond donors (Lipinski definition) is 0. The topological polar surface area (TPSA) is 29.5 Å². The van der Waals surface area contributed by atoms with Gasteiger partial charge in [0.05, 0.1) is 6.54 Å². The minimum atomic E-state index is -0.201. The van der Waals surface area contributed by atoms with Crippen molar-refractivity contribution in [1.82, 2.24) is 4.90 Å². The average molecular weight is 169 g/mol. The number of carbonyl (C=O) groups excluding carboxylic acids is 1. The molecule has 1 saturated heterocycles. The lowest BCUT2D eigenvalue weighted by Crippen LogP contribution is -2.31. The molecule has 0 aromatic carbocycles. The predicted octanol–water partition coefficient (Wildman–Crippen LogP) is 1.79. The summed E-state index contributed by atoms with van der Waals surface area (Å²) in [5, 5.41) is 0. The Kier molecular flexibility index (Phi) is 2.74. The zero-order chi connectivity index (χ0) is 9.14. The number of carbonyl (C=O) groups is 1. The molecule has 0 bridgehead atoms. The molecule has 1 atom stereocenters. The number of ether oxygens (including phenoxy) is 1. The highest BCUT2D eigenvalue weighted by atomic mass is 16.6. The van der Waals surface area contributed by atoms with Gasteiger partial charge in [-0.1, -0.05) is 6.08 Å². The summed E-state index contributed by atoms with van der Waals surface area (Å²) in [5.74, 6) is 0. The minimum Gasteiger partial charge on any atom is -0.440 e. The summed E-state index contributed by atoms with van der Waals surface area (Å²) in [4.78, 5) is 12.9. The largest absolute Gasteiger partial charge is 0.440 e. The third-order valence-electron chi connectivity index (χ3n) is 1.89. The van der Waals surface area contributed by atoms with E-state index in [1.807, 2.05) is 32.9 Å². The first-order valence-corrected chi connectivity index (χ1v) is 4.25. The van der Waals surface area contributed by atoms with E-state index in [0.29, 0.717) is 6.54 Å². The van der Waals surface area contributed by atoms with Gasteiger partial charge in [-0.15, -0.1) is 0 Å². The highest BCUT2D eigenvalue weighted by Gasteiger charge is 2.30. The number of cyclic esters (lactones) is 1. The Morgan fingerprint density at radius 2 is 2.33 bits per heavy atom. The van der Waals surface area contributed by atoms with E-state index in [-0.39, 0.29) is 18.2 Å². The van der Waals surface area contributed by atoms with Crippen LogP contribution in [0.3, 0.4) is 0 Å². The maximum Gasteiger partial charge on any atom is 0.410 e. The third-order valence-corrected chi connectivity index (χ3v) is 1.89. The smallest absolute Gasteiger partial charge is 0.410 e. The van der Waals surface area contributed by atoms with Crippen molar-refractivity contribution in [2.45, 2.75) is 32.9 Å². The van der Waals surface area contributed by atoms with E-state index in [2.05, 4.69) is 0 Å². The Labute approximate surface area is 73.0 Å². The maximum atomic E-state index is 11.2. The van der Waals surface area contributed by atoms with E-state index in [0.717, 1.165) is 0 Å². The molecule has 3 heteroatoms. The van der Waals surface area contributed by atoms with Gasteiger partial charge in [0, 0.05) is 6.04 Å². The first-order chi connectivity index (χ1) is 5.65. The van der Waals surface area contributed by atoms with Crippen molar-refractivity contribution in [3.8, 4) is 0 Å². The fourth-order valence-corrected chi connectivity index (χ4v) is 1.24. The summed E-state index contributed by atoms with van der Waals surface area (Å²) in [6.07, 6.45) is 3.56. The van der Waals surface area contributed by atoms with Crippen molar-refractivity contribution < 1.29 is 9.53 Å². The van der Waals surface area contributed by atoms with Crippen LogP contribution in [0.15, 0.2) is 12.2 Å². The van der Waals surface area contributed by atoms with Gasteiger partial charge in [0.2, 0.25) is 0 Å². The number of nitrogens with zero attached hydrogens (tertiary/aromatic N) is 1. The van der Waals surface area contributed by atoms with Gasteiger partial charge in [-0.25, -0.2) is 4.79 Å². The molecular weight excluding hydrogens is 154 g/mol. The molecule has 0 N–H and O–H groups in total. The van der Waals surface area contributed by atoms with Gasteiger partial charge in [0.1, 0.15) is 6.10 Å². The van der Waals surface area contributed by atoms with Gasteiger partial charge in [0.15, 0.2) is 0 Å². The summed E-state index contributed by atoms with van der Waals surface area (Å²) in [7, 11) is 0. The Hall–Kier alpha value is -0.990. The Morgan fingerprint density at radius 1 is 1.67 bits per heavy atom. The summed E-state index contributed by atoms with van der Waals surface area (Å²) in [5.41, 5.74) is 0. The quantitative estimate of drug-likeness (QED) is 0.590. The number of hydrogen-bond acceptors (Lipinski definition) is 2. The van der Waals surface area contributed by atoms with Crippen LogP contribution < -0.4 is 0 Å². The predicted molar refractivity (Wildman–Crippen MR) is 46.9 cm³/mol. The normalized spacial score (nSPS) is 24.2. The van der Waals surface area contributed by atoms with Gasteiger partial charge >= 0.3 is 6.09 Å². The zero-order valence-corrected chi connectivity index (χ0v) is 7.78. The number of rotatable bonds is 2. The summed E-state index contributed by atoms with van der Waals surface area (Å²) in [6.45, 7) is 6.57. The summed E-state index contributed by atoms with van der Waals surface area (Å²) >= 11 is 0. The van der Waals surface area contributed by atoms with E-state index < -0.39 is 0 Å². The molecule has 0 unspecified atom stereocenters. The van der Waals surface area contributed by atoms with Crippen LogP contribution in [0, 0.1) is 0 Å². The molecule has 0 spiro atoms.